The molecule has 0 spiro atoms. The Morgan fingerprint density at radius 2 is 1.81 bits per heavy atom. The van der Waals surface area contributed by atoms with Crippen molar-refractivity contribution in [2.75, 3.05) is 64.8 Å². The van der Waals surface area contributed by atoms with Crippen molar-refractivity contribution in [1.29, 1.82) is 0 Å². The number of halogens is 1. The van der Waals surface area contributed by atoms with Crippen LogP contribution < -0.4 is 5.32 Å². The van der Waals surface area contributed by atoms with E-state index in [2.05, 4.69) is 15.2 Å². The first kappa shape index (κ1) is 25.8. The molecule has 0 unspecified atom stereocenters. The predicted molar refractivity (Wildman–Crippen MR) is 116 cm³/mol. The van der Waals surface area contributed by atoms with Gasteiger partial charge in [0.1, 0.15) is 0 Å². The molecule has 0 saturated carbocycles. The van der Waals surface area contributed by atoms with Crippen LogP contribution in [0.5, 0.6) is 0 Å². The van der Waals surface area contributed by atoms with Gasteiger partial charge in [-0.25, -0.2) is 8.42 Å². The Labute approximate surface area is 175 Å². The third-order valence-corrected chi connectivity index (χ3v) is 5.59. The number of aliphatic imine (C=N–C) groups is 1. The summed E-state index contributed by atoms with van der Waals surface area (Å²) in [6.45, 7) is 12.9. The Bertz CT molecular complexity index is 494. The molecule has 0 bridgehead atoms. The van der Waals surface area contributed by atoms with Gasteiger partial charge in [0.2, 0.25) is 10.0 Å². The van der Waals surface area contributed by atoms with E-state index >= 15 is 0 Å². The molecule has 1 aliphatic heterocycles. The van der Waals surface area contributed by atoms with E-state index in [1.54, 1.807) is 4.31 Å². The molecule has 0 radical (unpaired) electrons. The van der Waals surface area contributed by atoms with E-state index in [0.717, 1.165) is 12.5 Å². The number of piperazine rings is 1. The second-order valence-electron chi connectivity index (χ2n) is 6.05. The Hall–Kier alpha value is -0.170. The van der Waals surface area contributed by atoms with Gasteiger partial charge in [-0.2, -0.15) is 4.31 Å². The Balaban J connectivity index is 0.00000625. The standard InChI is InChI=1S/C16H34N4O4S.HI/c1-5-17-16(18-7-12-23-6-2)19-8-10-20(11-9-19)25(21,22)14-13-24-15(3)4;/h15H,5-14H2,1-4H3,(H,17,18);1H. The monoisotopic (exact) mass is 506 g/mol. The minimum Gasteiger partial charge on any atom is -0.380 e. The van der Waals surface area contributed by atoms with Gasteiger partial charge in [-0.1, -0.05) is 0 Å². The quantitative estimate of drug-likeness (QED) is 0.206. The molecule has 10 heteroatoms. The number of hydrogen-bond acceptors (Lipinski definition) is 5. The molecule has 0 amide bonds. The highest BCUT2D eigenvalue weighted by atomic mass is 127. The van der Waals surface area contributed by atoms with Gasteiger partial charge in [-0.15, -0.1) is 24.0 Å². The highest BCUT2D eigenvalue weighted by Crippen LogP contribution is 2.09. The Morgan fingerprint density at radius 1 is 1.15 bits per heavy atom. The fourth-order valence-corrected chi connectivity index (χ4v) is 3.77. The van der Waals surface area contributed by atoms with Crippen LogP contribution in [0.3, 0.4) is 0 Å². The molecule has 26 heavy (non-hydrogen) atoms. The van der Waals surface area contributed by atoms with Crippen molar-refractivity contribution in [1.82, 2.24) is 14.5 Å². The average Bonchev–Trinajstić information content (AvgIpc) is 2.57. The molecule has 0 aromatic carbocycles. The number of guanidine groups is 1. The van der Waals surface area contributed by atoms with Gasteiger partial charge in [0, 0.05) is 39.3 Å². The van der Waals surface area contributed by atoms with E-state index < -0.39 is 10.0 Å². The second kappa shape index (κ2) is 13.9. The summed E-state index contributed by atoms with van der Waals surface area (Å²) < 4.78 is 37.0. The van der Waals surface area contributed by atoms with Crippen molar-refractivity contribution in [3.05, 3.63) is 0 Å². The molecule has 0 aromatic heterocycles. The smallest absolute Gasteiger partial charge is 0.216 e. The van der Waals surface area contributed by atoms with Crippen molar-refractivity contribution in [2.24, 2.45) is 4.99 Å². The number of rotatable bonds is 10. The third kappa shape index (κ3) is 9.67. The summed E-state index contributed by atoms with van der Waals surface area (Å²) in [6, 6.07) is 0. The summed E-state index contributed by atoms with van der Waals surface area (Å²) in [4.78, 5) is 6.65. The largest absolute Gasteiger partial charge is 0.380 e. The number of hydrogen-bond donors (Lipinski definition) is 1. The normalized spacial score (nSPS) is 16.7. The van der Waals surface area contributed by atoms with Crippen LogP contribution in [-0.4, -0.2) is 94.5 Å². The number of sulfonamides is 1. The van der Waals surface area contributed by atoms with Crippen molar-refractivity contribution < 1.29 is 17.9 Å². The SMILES string of the molecule is CCNC(=NCCOCC)N1CCN(S(=O)(=O)CCOC(C)C)CC1.I. The summed E-state index contributed by atoms with van der Waals surface area (Å²) in [5, 5.41) is 3.26. The molecule has 1 heterocycles. The van der Waals surface area contributed by atoms with E-state index in [1.807, 2.05) is 27.7 Å². The zero-order chi connectivity index (χ0) is 18.7. The highest BCUT2D eigenvalue weighted by molar-refractivity contribution is 14.0. The molecule has 1 fully saturated rings. The average molecular weight is 506 g/mol. The number of ether oxygens (including phenoxy) is 2. The van der Waals surface area contributed by atoms with E-state index in [9.17, 15) is 8.42 Å². The van der Waals surface area contributed by atoms with Crippen molar-refractivity contribution in [2.45, 2.75) is 33.8 Å². The van der Waals surface area contributed by atoms with Crippen LogP contribution in [0.15, 0.2) is 4.99 Å². The highest BCUT2D eigenvalue weighted by Gasteiger charge is 2.27. The molecule has 1 aliphatic rings. The summed E-state index contributed by atoms with van der Waals surface area (Å²) in [7, 11) is -3.26. The molecule has 0 aliphatic carbocycles. The van der Waals surface area contributed by atoms with Gasteiger partial charge in [-0.3, -0.25) is 4.99 Å². The fourth-order valence-electron chi connectivity index (χ4n) is 2.48. The molecular formula is C16H35IN4O4S. The van der Waals surface area contributed by atoms with Gasteiger partial charge in [0.05, 0.1) is 31.6 Å². The van der Waals surface area contributed by atoms with E-state index in [0.29, 0.717) is 45.9 Å². The van der Waals surface area contributed by atoms with E-state index in [-0.39, 0.29) is 42.4 Å². The second-order valence-corrected chi connectivity index (χ2v) is 8.14. The lowest BCUT2D eigenvalue weighted by atomic mass is 10.4. The number of nitrogens with zero attached hydrogens (tertiary/aromatic N) is 3. The lowest BCUT2D eigenvalue weighted by Crippen LogP contribution is -2.54. The van der Waals surface area contributed by atoms with Crippen LogP contribution in [0.2, 0.25) is 0 Å². The van der Waals surface area contributed by atoms with Crippen LogP contribution in [0, 0.1) is 0 Å². The van der Waals surface area contributed by atoms with Crippen LogP contribution in [0.4, 0.5) is 0 Å². The van der Waals surface area contributed by atoms with Gasteiger partial charge >= 0.3 is 0 Å². The summed E-state index contributed by atoms with van der Waals surface area (Å²) in [5.41, 5.74) is 0. The van der Waals surface area contributed by atoms with Crippen LogP contribution in [-0.2, 0) is 19.5 Å². The maximum Gasteiger partial charge on any atom is 0.216 e. The van der Waals surface area contributed by atoms with Gasteiger partial charge in [0.15, 0.2) is 5.96 Å². The molecule has 156 valence electrons. The lowest BCUT2D eigenvalue weighted by molar-refractivity contribution is 0.0904. The summed E-state index contributed by atoms with van der Waals surface area (Å²) in [5.74, 6) is 0.857. The van der Waals surface area contributed by atoms with Gasteiger partial charge < -0.3 is 19.7 Å². The number of nitrogens with one attached hydrogen (secondary N) is 1. The Kier molecular flexibility index (Phi) is 13.8. The van der Waals surface area contributed by atoms with E-state index in [4.69, 9.17) is 9.47 Å². The summed E-state index contributed by atoms with van der Waals surface area (Å²) >= 11 is 0. The first-order valence-corrected chi connectivity index (χ1v) is 10.7. The van der Waals surface area contributed by atoms with Crippen LogP contribution in [0.1, 0.15) is 27.7 Å². The zero-order valence-corrected chi connectivity index (χ0v) is 19.6. The maximum atomic E-state index is 12.4. The third-order valence-electron chi connectivity index (χ3n) is 3.76. The molecular weight excluding hydrogens is 471 g/mol. The van der Waals surface area contributed by atoms with Gasteiger partial charge in [0.25, 0.3) is 0 Å². The lowest BCUT2D eigenvalue weighted by Gasteiger charge is -2.35. The van der Waals surface area contributed by atoms with E-state index in [1.165, 1.54) is 0 Å². The van der Waals surface area contributed by atoms with Crippen molar-refractivity contribution >= 4 is 40.0 Å². The van der Waals surface area contributed by atoms with Crippen LogP contribution >= 0.6 is 24.0 Å². The van der Waals surface area contributed by atoms with Crippen molar-refractivity contribution in [3.8, 4) is 0 Å². The predicted octanol–water partition coefficient (Wildman–Crippen LogP) is 0.979. The van der Waals surface area contributed by atoms with Crippen LogP contribution in [0.25, 0.3) is 0 Å². The molecule has 1 saturated heterocycles. The minimum atomic E-state index is -3.26. The molecule has 1 rings (SSSR count). The first-order chi connectivity index (χ1) is 11.9. The zero-order valence-electron chi connectivity index (χ0n) is 16.4. The Morgan fingerprint density at radius 3 is 2.35 bits per heavy atom. The fraction of sp³-hybridized carbons (Fsp3) is 0.938. The summed E-state index contributed by atoms with van der Waals surface area (Å²) in [6.07, 6.45) is 0.0441. The molecule has 0 aromatic rings. The topological polar surface area (TPSA) is 83.5 Å². The molecule has 1 N–H and O–H groups in total. The first-order valence-electron chi connectivity index (χ1n) is 9.11. The minimum absolute atomic E-state index is 0. The maximum absolute atomic E-state index is 12.4. The molecule has 8 nitrogen and oxygen atoms in total. The molecule has 0 atom stereocenters. The van der Waals surface area contributed by atoms with Gasteiger partial charge in [-0.05, 0) is 27.7 Å². The van der Waals surface area contributed by atoms with Crippen molar-refractivity contribution in [3.63, 3.8) is 0 Å².